The van der Waals surface area contributed by atoms with E-state index in [1.807, 2.05) is 13.8 Å². The zero-order valence-corrected chi connectivity index (χ0v) is 16.5. The predicted molar refractivity (Wildman–Crippen MR) is 101 cm³/mol. The summed E-state index contributed by atoms with van der Waals surface area (Å²) in [5.74, 6) is -0.338. The fourth-order valence-corrected chi connectivity index (χ4v) is 4.32. The minimum absolute atomic E-state index is 0.0408. The number of hydrogen-bond donors (Lipinski definition) is 0. The van der Waals surface area contributed by atoms with Gasteiger partial charge in [-0.2, -0.15) is 0 Å². The van der Waals surface area contributed by atoms with E-state index in [0.717, 1.165) is 37.1 Å². The number of hydrogen-bond acceptors (Lipinski definition) is 4. The summed E-state index contributed by atoms with van der Waals surface area (Å²) >= 11 is 0. The van der Waals surface area contributed by atoms with Crippen LogP contribution in [0.1, 0.15) is 79.6 Å². The second kappa shape index (κ2) is 8.29. The number of ketones is 1. The van der Waals surface area contributed by atoms with Gasteiger partial charge in [0.25, 0.3) is 0 Å². The number of ether oxygens (including phenoxy) is 1. The molecule has 1 heterocycles. The van der Waals surface area contributed by atoms with E-state index >= 15 is 0 Å². The van der Waals surface area contributed by atoms with Crippen LogP contribution in [0.2, 0.25) is 0 Å². The highest BCUT2D eigenvalue weighted by Gasteiger charge is 2.46. The number of allylic oxidation sites excluding steroid dienone is 1. The lowest BCUT2D eigenvalue weighted by Crippen LogP contribution is -2.45. The molecule has 2 unspecified atom stereocenters. The van der Waals surface area contributed by atoms with Gasteiger partial charge in [-0.25, -0.2) is 4.79 Å². The zero-order valence-electron chi connectivity index (χ0n) is 16.5. The summed E-state index contributed by atoms with van der Waals surface area (Å²) in [6.07, 6.45) is 6.81. The molecular weight excluding hydrogens is 314 g/mol. The Balaban J connectivity index is 2.34. The summed E-state index contributed by atoms with van der Waals surface area (Å²) < 4.78 is 5.29. The fraction of sp³-hybridized carbons (Fsp3) is 0.762. The second-order valence-electron chi connectivity index (χ2n) is 8.24. The maximum absolute atomic E-state index is 12.9. The number of carbonyl (C=O) groups is 2. The van der Waals surface area contributed by atoms with Crippen molar-refractivity contribution in [3.05, 3.63) is 11.3 Å². The van der Waals surface area contributed by atoms with Crippen LogP contribution in [-0.2, 0) is 14.3 Å². The van der Waals surface area contributed by atoms with Crippen LogP contribution in [-0.4, -0.2) is 24.1 Å². The van der Waals surface area contributed by atoms with E-state index in [-0.39, 0.29) is 29.0 Å². The standard InChI is InChI=1S/C21H33NO3/c1-6-8-9-10-11-15-18(20(24)25-7-2)14(3)22-16-12-21(4,5)13-17(23)19(15)16/h15,19H,6-13H2,1-5H3. The highest BCUT2D eigenvalue weighted by molar-refractivity contribution is 6.11. The number of unbranched alkanes of at least 4 members (excludes halogenated alkanes) is 3. The van der Waals surface area contributed by atoms with Crippen molar-refractivity contribution in [1.29, 1.82) is 0 Å². The molecule has 4 heteroatoms. The number of aliphatic imine (C=N–C) groups is 1. The first-order chi connectivity index (χ1) is 11.8. The van der Waals surface area contributed by atoms with Crippen LogP contribution in [0.25, 0.3) is 0 Å². The quantitative estimate of drug-likeness (QED) is 0.487. The number of fused-ring (bicyclic) bond motifs is 1. The van der Waals surface area contributed by atoms with Gasteiger partial charge in [0.2, 0.25) is 0 Å². The SMILES string of the molecule is CCCCCCC1C(C(=O)OCC)=C(C)N=C2CC(C)(C)CC(=O)C21. The van der Waals surface area contributed by atoms with Gasteiger partial charge >= 0.3 is 5.97 Å². The topological polar surface area (TPSA) is 55.7 Å². The molecule has 1 saturated carbocycles. The van der Waals surface area contributed by atoms with Crippen molar-refractivity contribution < 1.29 is 14.3 Å². The van der Waals surface area contributed by atoms with Crippen LogP contribution in [0.3, 0.4) is 0 Å². The molecule has 2 aliphatic rings. The molecule has 2 rings (SSSR count). The highest BCUT2D eigenvalue weighted by atomic mass is 16.5. The van der Waals surface area contributed by atoms with Crippen molar-refractivity contribution in [3.63, 3.8) is 0 Å². The molecule has 25 heavy (non-hydrogen) atoms. The van der Waals surface area contributed by atoms with Gasteiger partial charge in [-0.1, -0.05) is 46.5 Å². The summed E-state index contributed by atoms with van der Waals surface area (Å²) in [6.45, 7) is 10.5. The van der Waals surface area contributed by atoms with Crippen LogP contribution in [0, 0.1) is 17.3 Å². The first kappa shape index (κ1) is 19.9. The van der Waals surface area contributed by atoms with Crippen LogP contribution in [0.15, 0.2) is 16.3 Å². The number of rotatable bonds is 7. The van der Waals surface area contributed by atoms with Crippen LogP contribution < -0.4 is 0 Å². The number of carbonyl (C=O) groups excluding carboxylic acids is 2. The Morgan fingerprint density at radius 2 is 1.92 bits per heavy atom. The van der Waals surface area contributed by atoms with Crippen LogP contribution >= 0.6 is 0 Å². The Kier molecular flexibility index (Phi) is 6.59. The van der Waals surface area contributed by atoms with Crippen LogP contribution in [0.5, 0.6) is 0 Å². The molecule has 2 atom stereocenters. The van der Waals surface area contributed by atoms with E-state index in [1.165, 1.54) is 12.8 Å². The van der Waals surface area contributed by atoms with Crippen molar-refractivity contribution in [2.24, 2.45) is 22.2 Å². The fourth-order valence-electron chi connectivity index (χ4n) is 4.32. The lowest BCUT2D eigenvalue weighted by Gasteiger charge is -2.41. The van der Waals surface area contributed by atoms with Gasteiger partial charge < -0.3 is 4.74 Å². The van der Waals surface area contributed by atoms with Gasteiger partial charge in [-0.05, 0) is 32.1 Å². The smallest absolute Gasteiger partial charge is 0.336 e. The van der Waals surface area contributed by atoms with Crippen molar-refractivity contribution >= 4 is 17.5 Å². The third-order valence-electron chi connectivity index (χ3n) is 5.36. The molecule has 0 bridgehead atoms. The minimum Gasteiger partial charge on any atom is -0.463 e. The van der Waals surface area contributed by atoms with E-state index in [2.05, 4.69) is 20.8 Å². The molecule has 0 aromatic carbocycles. The Morgan fingerprint density at radius 3 is 2.56 bits per heavy atom. The van der Waals surface area contributed by atoms with Gasteiger partial charge in [-0.3, -0.25) is 9.79 Å². The predicted octanol–water partition coefficient (Wildman–Crippen LogP) is 4.87. The molecule has 0 spiro atoms. The number of nitrogens with zero attached hydrogens (tertiary/aromatic N) is 1. The van der Waals surface area contributed by atoms with E-state index < -0.39 is 0 Å². The lowest BCUT2D eigenvalue weighted by molar-refractivity contribution is -0.139. The maximum Gasteiger partial charge on any atom is 0.336 e. The molecule has 0 aromatic rings. The van der Waals surface area contributed by atoms with E-state index in [9.17, 15) is 9.59 Å². The summed E-state index contributed by atoms with van der Waals surface area (Å²) in [5.41, 5.74) is 2.32. The van der Waals surface area contributed by atoms with Crippen LogP contribution in [0.4, 0.5) is 0 Å². The van der Waals surface area contributed by atoms with Crippen molar-refractivity contribution in [2.45, 2.75) is 79.6 Å². The Bertz CT molecular complexity index is 586. The van der Waals surface area contributed by atoms with Gasteiger partial charge in [-0.15, -0.1) is 0 Å². The third-order valence-corrected chi connectivity index (χ3v) is 5.36. The molecule has 0 N–H and O–H groups in total. The summed E-state index contributed by atoms with van der Waals surface area (Å²) in [4.78, 5) is 30.2. The van der Waals surface area contributed by atoms with E-state index in [0.29, 0.717) is 18.6 Å². The number of Topliss-reactive ketones (excluding diaryl/α,β-unsaturated/α-hetero) is 1. The van der Waals surface area contributed by atoms with Crippen molar-refractivity contribution in [3.8, 4) is 0 Å². The number of esters is 1. The Morgan fingerprint density at radius 1 is 1.20 bits per heavy atom. The largest absolute Gasteiger partial charge is 0.463 e. The summed E-state index contributed by atoms with van der Waals surface area (Å²) in [7, 11) is 0. The second-order valence-corrected chi connectivity index (χ2v) is 8.24. The average molecular weight is 347 g/mol. The summed E-state index contributed by atoms with van der Waals surface area (Å²) in [5, 5.41) is 0. The lowest BCUT2D eigenvalue weighted by atomic mass is 9.64. The zero-order chi connectivity index (χ0) is 18.6. The summed E-state index contributed by atoms with van der Waals surface area (Å²) in [6, 6.07) is 0. The normalized spacial score (nSPS) is 25.5. The molecule has 0 saturated heterocycles. The van der Waals surface area contributed by atoms with Gasteiger partial charge in [0.05, 0.1) is 18.1 Å². The Labute approximate surface area is 152 Å². The molecule has 0 amide bonds. The first-order valence-electron chi connectivity index (χ1n) is 9.78. The Hall–Kier alpha value is -1.45. The highest BCUT2D eigenvalue weighted by Crippen LogP contribution is 2.44. The maximum atomic E-state index is 12.9. The monoisotopic (exact) mass is 347 g/mol. The van der Waals surface area contributed by atoms with Crippen molar-refractivity contribution in [1.82, 2.24) is 0 Å². The molecule has 1 aliphatic carbocycles. The molecule has 4 nitrogen and oxygen atoms in total. The van der Waals surface area contributed by atoms with Gasteiger partial charge in [0.1, 0.15) is 5.78 Å². The van der Waals surface area contributed by atoms with Gasteiger partial charge in [0.15, 0.2) is 0 Å². The average Bonchev–Trinajstić information content (AvgIpc) is 2.49. The first-order valence-corrected chi connectivity index (χ1v) is 9.78. The minimum atomic E-state index is -0.291. The third kappa shape index (κ3) is 4.59. The van der Waals surface area contributed by atoms with E-state index in [4.69, 9.17) is 9.73 Å². The molecule has 1 fully saturated rings. The van der Waals surface area contributed by atoms with Crippen molar-refractivity contribution in [2.75, 3.05) is 6.61 Å². The molecule has 0 radical (unpaired) electrons. The molecular formula is C21H33NO3. The molecule has 1 aliphatic heterocycles. The van der Waals surface area contributed by atoms with Gasteiger partial charge in [0, 0.05) is 23.7 Å². The molecule has 0 aromatic heterocycles. The van der Waals surface area contributed by atoms with E-state index in [1.54, 1.807) is 0 Å². The molecule has 140 valence electrons.